The maximum absolute atomic E-state index is 14.0. The van der Waals surface area contributed by atoms with E-state index in [9.17, 15) is 14.0 Å². The van der Waals surface area contributed by atoms with Gasteiger partial charge in [0.25, 0.3) is 5.88 Å². The van der Waals surface area contributed by atoms with Gasteiger partial charge in [-0.05, 0) is 39.8 Å². The van der Waals surface area contributed by atoms with E-state index in [1.54, 1.807) is 9.80 Å². The van der Waals surface area contributed by atoms with E-state index in [-0.39, 0.29) is 35.8 Å². The minimum absolute atomic E-state index is 0.0329. The standard InChI is InChI=1S/C21H27FN4O5/c1-12-8-24(9-13(2)29-12)20(27)26-18-7-16(22)5-6-17(18)19(23-26)31-21(28)25-10-14(3)30-15(4)11-25/h5-7,12-15H,8-11H2,1-4H3. The zero-order chi connectivity index (χ0) is 22.3. The van der Waals surface area contributed by atoms with Crippen LogP contribution < -0.4 is 4.74 Å². The SMILES string of the molecule is CC1CN(C(=O)Oc2nn(C(=O)N3CC(C)OC(C)C3)c3cc(F)ccc23)CC(C)O1. The number of fused-ring (bicyclic) bond motifs is 1. The molecule has 2 aromatic rings. The summed E-state index contributed by atoms with van der Waals surface area (Å²) in [6.07, 6.45) is -1.08. The van der Waals surface area contributed by atoms with Gasteiger partial charge in [-0.15, -0.1) is 5.10 Å². The Kier molecular flexibility index (Phi) is 5.85. The number of benzene rings is 1. The summed E-state index contributed by atoms with van der Waals surface area (Å²) in [6, 6.07) is 3.49. The van der Waals surface area contributed by atoms with Gasteiger partial charge in [-0.3, -0.25) is 0 Å². The van der Waals surface area contributed by atoms with Crippen LogP contribution in [0.4, 0.5) is 14.0 Å². The monoisotopic (exact) mass is 434 g/mol. The molecule has 2 fully saturated rings. The van der Waals surface area contributed by atoms with Gasteiger partial charge in [0.2, 0.25) is 0 Å². The molecule has 3 heterocycles. The van der Waals surface area contributed by atoms with E-state index >= 15 is 0 Å². The van der Waals surface area contributed by atoms with Crippen LogP contribution in [0.15, 0.2) is 18.2 Å². The molecule has 1 aromatic carbocycles. The van der Waals surface area contributed by atoms with Gasteiger partial charge in [0.15, 0.2) is 0 Å². The summed E-state index contributed by atoms with van der Waals surface area (Å²) in [5.41, 5.74) is 0.239. The number of carbonyl (C=O) groups excluding carboxylic acids is 2. The van der Waals surface area contributed by atoms with Crippen molar-refractivity contribution in [1.29, 1.82) is 0 Å². The highest BCUT2D eigenvalue weighted by Crippen LogP contribution is 2.28. The number of amides is 2. The highest BCUT2D eigenvalue weighted by molar-refractivity contribution is 5.94. The summed E-state index contributed by atoms with van der Waals surface area (Å²) >= 11 is 0. The van der Waals surface area contributed by atoms with Crippen molar-refractivity contribution in [2.45, 2.75) is 52.1 Å². The van der Waals surface area contributed by atoms with Gasteiger partial charge in [0.05, 0.1) is 48.4 Å². The van der Waals surface area contributed by atoms with E-state index in [1.807, 2.05) is 27.7 Å². The maximum Gasteiger partial charge on any atom is 0.416 e. The Morgan fingerprint density at radius 3 is 2.10 bits per heavy atom. The zero-order valence-electron chi connectivity index (χ0n) is 18.1. The molecule has 0 saturated carbocycles. The second-order valence-electron chi connectivity index (χ2n) is 8.35. The molecule has 31 heavy (non-hydrogen) atoms. The lowest BCUT2D eigenvalue weighted by atomic mass is 10.2. The van der Waals surface area contributed by atoms with E-state index in [0.717, 1.165) is 4.68 Å². The smallest absolute Gasteiger partial charge is 0.389 e. The van der Waals surface area contributed by atoms with Gasteiger partial charge in [-0.25, -0.2) is 14.0 Å². The first-order chi connectivity index (χ1) is 14.7. The van der Waals surface area contributed by atoms with Crippen LogP contribution in [0.3, 0.4) is 0 Å². The topological polar surface area (TPSA) is 86.1 Å². The Balaban J connectivity index is 1.63. The molecule has 1 aromatic heterocycles. The average Bonchev–Trinajstić information content (AvgIpc) is 3.03. The normalized spacial score (nSPS) is 26.9. The second kappa shape index (κ2) is 8.43. The molecular weight excluding hydrogens is 407 g/mol. The molecule has 9 nitrogen and oxygen atoms in total. The number of halogens is 1. The summed E-state index contributed by atoms with van der Waals surface area (Å²) < 4.78 is 32.0. The Hall–Kier alpha value is -2.72. The summed E-state index contributed by atoms with van der Waals surface area (Å²) in [7, 11) is 0. The molecule has 10 heteroatoms. The predicted molar refractivity (Wildman–Crippen MR) is 110 cm³/mol. The van der Waals surface area contributed by atoms with Crippen LogP contribution in [0.25, 0.3) is 10.9 Å². The van der Waals surface area contributed by atoms with Crippen molar-refractivity contribution in [3.8, 4) is 5.88 Å². The number of hydrogen-bond donors (Lipinski definition) is 0. The molecule has 2 aliphatic rings. The fraction of sp³-hybridized carbons (Fsp3) is 0.571. The van der Waals surface area contributed by atoms with Crippen molar-refractivity contribution in [3.63, 3.8) is 0 Å². The molecule has 0 bridgehead atoms. The third-order valence-corrected chi connectivity index (χ3v) is 5.34. The summed E-state index contributed by atoms with van der Waals surface area (Å²) in [5, 5.41) is 4.63. The third kappa shape index (κ3) is 4.49. The lowest BCUT2D eigenvalue weighted by Gasteiger charge is -2.35. The molecule has 0 N–H and O–H groups in total. The van der Waals surface area contributed by atoms with Crippen molar-refractivity contribution in [3.05, 3.63) is 24.0 Å². The lowest BCUT2D eigenvalue weighted by molar-refractivity contribution is -0.0594. The number of aromatic nitrogens is 2. The van der Waals surface area contributed by atoms with E-state index < -0.39 is 17.9 Å². The van der Waals surface area contributed by atoms with E-state index in [4.69, 9.17) is 14.2 Å². The molecule has 0 spiro atoms. The Morgan fingerprint density at radius 1 is 0.968 bits per heavy atom. The second-order valence-corrected chi connectivity index (χ2v) is 8.35. The summed E-state index contributed by atoms with van der Waals surface area (Å²) in [5.74, 6) is -0.548. The number of ether oxygens (including phenoxy) is 3. The molecular formula is C21H27FN4O5. The van der Waals surface area contributed by atoms with E-state index in [0.29, 0.717) is 31.6 Å². The zero-order valence-corrected chi connectivity index (χ0v) is 18.1. The first kappa shape index (κ1) is 21.5. The summed E-state index contributed by atoms with van der Waals surface area (Å²) in [4.78, 5) is 29.1. The summed E-state index contributed by atoms with van der Waals surface area (Å²) in [6.45, 7) is 9.08. The fourth-order valence-electron chi connectivity index (χ4n) is 4.22. The van der Waals surface area contributed by atoms with Crippen LogP contribution in [0.2, 0.25) is 0 Å². The quantitative estimate of drug-likeness (QED) is 0.686. The molecule has 4 rings (SSSR count). The van der Waals surface area contributed by atoms with Crippen molar-refractivity contribution in [1.82, 2.24) is 19.6 Å². The molecule has 0 radical (unpaired) electrons. The van der Waals surface area contributed by atoms with Crippen LogP contribution in [-0.4, -0.2) is 82.3 Å². The first-order valence-corrected chi connectivity index (χ1v) is 10.5. The van der Waals surface area contributed by atoms with Gasteiger partial charge in [0, 0.05) is 19.2 Å². The molecule has 168 valence electrons. The molecule has 0 aliphatic carbocycles. The number of hydrogen-bond acceptors (Lipinski definition) is 6. The third-order valence-electron chi connectivity index (χ3n) is 5.34. The van der Waals surface area contributed by atoms with Gasteiger partial charge in [0.1, 0.15) is 5.82 Å². The van der Waals surface area contributed by atoms with Gasteiger partial charge < -0.3 is 24.0 Å². The van der Waals surface area contributed by atoms with Crippen LogP contribution in [0.5, 0.6) is 5.88 Å². The number of carbonyl (C=O) groups is 2. The highest BCUT2D eigenvalue weighted by Gasteiger charge is 2.31. The Bertz CT molecular complexity index is 976. The van der Waals surface area contributed by atoms with Gasteiger partial charge >= 0.3 is 12.1 Å². The van der Waals surface area contributed by atoms with Crippen molar-refractivity contribution in [2.75, 3.05) is 26.2 Å². The van der Waals surface area contributed by atoms with Gasteiger partial charge in [-0.1, -0.05) is 0 Å². The molecule has 2 saturated heterocycles. The number of rotatable bonds is 1. The predicted octanol–water partition coefficient (Wildman–Crippen LogP) is 2.86. The molecule has 2 aliphatic heterocycles. The van der Waals surface area contributed by atoms with Crippen LogP contribution >= 0.6 is 0 Å². The van der Waals surface area contributed by atoms with Crippen LogP contribution in [-0.2, 0) is 9.47 Å². The van der Waals surface area contributed by atoms with Crippen LogP contribution in [0.1, 0.15) is 27.7 Å². The van der Waals surface area contributed by atoms with E-state index in [2.05, 4.69) is 5.10 Å². The van der Waals surface area contributed by atoms with Crippen molar-refractivity contribution in [2.24, 2.45) is 0 Å². The first-order valence-electron chi connectivity index (χ1n) is 10.5. The van der Waals surface area contributed by atoms with Crippen molar-refractivity contribution >= 4 is 23.0 Å². The highest BCUT2D eigenvalue weighted by atomic mass is 19.1. The van der Waals surface area contributed by atoms with Gasteiger partial charge in [-0.2, -0.15) is 4.68 Å². The molecule has 4 atom stereocenters. The molecule has 2 amide bonds. The average molecular weight is 434 g/mol. The Morgan fingerprint density at radius 2 is 1.52 bits per heavy atom. The van der Waals surface area contributed by atoms with E-state index in [1.165, 1.54) is 18.2 Å². The Labute approximate surface area is 179 Å². The largest absolute Gasteiger partial charge is 0.416 e. The van der Waals surface area contributed by atoms with Crippen molar-refractivity contribution < 1.29 is 28.2 Å². The minimum Gasteiger partial charge on any atom is -0.389 e. The maximum atomic E-state index is 14.0. The van der Waals surface area contributed by atoms with Crippen LogP contribution in [0, 0.1) is 5.82 Å². The number of morpholine rings is 2. The number of nitrogens with zero attached hydrogens (tertiary/aromatic N) is 4. The minimum atomic E-state index is -0.584. The lowest BCUT2D eigenvalue weighted by Crippen LogP contribution is -2.49. The fourth-order valence-corrected chi connectivity index (χ4v) is 4.22. The molecule has 4 unspecified atom stereocenters.